The highest BCUT2D eigenvalue weighted by atomic mass is 16.5. The molecule has 6 heteroatoms. The normalized spacial score (nSPS) is 13.0. The standard InChI is InChI=1S/C26H53N3O3/c1-3-5-6-7-8-9-10-11-12-13-14-15-16-19-22-32-26(31)24(4-2)29-25(30)23(28)20-17-18-21-27/h23-24H,3-22,27-28H2,1-2H3,(H,29,30). The van der Waals surface area contributed by atoms with Gasteiger partial charge in [-0.15, -0.1) is 0 Å². The van der Waals surface area contributed by atoms with Crippen LogP contribution in [0.2, 0.25) is 0 Å². The van der Waals surface area contributed by atoms with Crippen LogP contribution in [0.1, 0.15) is 129 Å². The summed E-state index contributed by atoms with van der Waals surface area (Å²) in [6, 6.07) is -1.22. The van der Waals surface area contributed by atoms with Gasteiger partial charge in [-0.05, 0) is 32.2 Å². The average Bonchev–Trinajstić information content (AvgIpc) is 2.79. The van der Waals surface area contributed by atoms with Crippen LogP contribution in [-0.4, -0.2) is 37.1 Å². The smallest absolute Gasteiger partial charge is 0.328 e. The van der Waals surface area contributed by atoms with Gasteiger partial charge in [-0.3, -0.25) is 4.79 Å². The maximum Gasteiger partial charge on any atom is 0.328 e. The number of amides is 1. The van der Waals surface area contributed by atoms with Crippen molar-refractivity contribution in [2.45, 2.75) is 142 Å². The number of esters is 1. The molecule has 0 bridgehead atoms. The highest BCUT2D eigenvalue weighted by molar-refractivity contribution is 5.87. The van der Waals surface area contributed by atoms with Gasteiger partial charge in [-0.25, -0.2) is 4.79 Å². The molecule has 190 valence electrons. The average molecular weight is 456 g/mol. The number of nitrogens with two attached hydrogens (primary N) is 2. The molecule has 32 heavy (non-hydrogen) atoms. The zero-order chi connectivity index (χ0) is 23.9. The van der Waals surface area contributed by atoms with Gasteiger partial charge in [0, 0.05) is 0 Å². The summed E-state index contributed by atoms with van der Waals surface area (Å²) in [6.07, 6.45) is 20.9. The molecule has 0 saturated carbocycles. The van der Waals surface area contributed by atoms with Gasteiger partial charge >= 0.3 is 5.97 Å². The summed E-state index contributed by atoms with van der Waals surface area (Å²) in [6.45, 7) is 5.14. The molecule has 0 rings (SSSR count). The molecule has 0 aliphatic rings. The molecule has 0 aliphatic heterocycles. The molecule has 6 nitrogen and oxygen atoms in total. The van der Waals surface area contributed by atoms with E-state index in [9.17, 15) is 9.59 Å². The number of rotatable bonds is 23. The first kappa shape index (κ1) is 30.9. The zero-order valence-electron chi connectivity index (χ0n) is 21.2. The van der Waals surface area contributed by atoms with Crippen LogP contribution in [0.3, 0.4) is 0 Å². The van der Waals surface area contributed by atoms with E-state index < -0.39 is 12.1 Å². The predicted molar refractivity (Wildman–Crippen MR) is 134 cm³/mol. The lowest BCUT2D eigenvalue weighted by Gasteiger charge is -2.18. The number of hydrogen-bond donors (Lipinski definition) is 3. The third-order valence-corrected chi connectivity index (χ3v) is 6.06. The fourth-order valence-corrected chi connectivity index (χ4v) is 3.82. The number of hydrogen-bond acceptors (Lipinski definition) is 5. The largest absolute Gasteiger partial charge is 0.464 e. The SMILES string of the molecule is CCCCCCCCCCCCCCCCOC(=O)C(CC)NC(=O)C(N)CCCCN. The summed E-state index contributed by atoms with van der Waals surface area (Å²) in [5.74, 6) is -0.646. The predicted octanol–water partition coefficient (Wildman–Crippen LogP) is 5.36. The second kappa shape index (κ2) is 23.0. The lowest BCUT2D eigenvalue weighted by atomic mass is 10.0. The molecule has 0 aromatic rings. The molecule has 0 saturated heterocycles. The van der Waals surface area contributed by atoms with Crippen molar-refractivity contribution in [2.75, 3.05) is 13.2 Å². The minimum Gasteiger partial charge on any atom is -0.464 e. The van der Waals surface area contributed by atoms with Crippen molar-refractivity contribution < 1.29 is 14.3 Å². The number of ether oxygens (including phenoxy) is 1. The molecule has 0 aliphatic carbocycles. The molecule has 0 heterocycles. The zero-order valence-corrected chi connectivity index (χ0v) is 21.2. The molecule has 0 fully saturated rings. The molecule has 2 unspecified atom stereocenters. The van der Waals surface area contributed by atoms with Crippen LogP contribution in [0.4, 0.5) is 0 Å². The fourth-order valence-electron chi connectivity index (χ4n) is 3.82. The molecule has 5 N–H and O–H groups in total. The molecule has 2 atom stereocenters. The maximum atomic E-state index is 12.2. The highest BCUT2D eigenvalue weighted by Gasteiger charge is 2.23. The Bertz CT molecular complexity index is 446. The van der Waals surface area contributed by atoms with E-state index in [0.29, 0.717) is 26.0 Å². The minimum absolute atomic E-state index is 0.290. The molecule has 0 spiro atoms. The second-order valence-corrected chi connectivity index (χ2v) is 9.12. The molecular formula is C26H53N3O3. The second-order valence-electron chi connectivity index (χ2n) is 9.12. The summed E-state index contributed by atoms with van der Waals surface area (Å²) in [7, 11) is 0. The quantitative estimate of drug-likeness (QED) is 0.142. The minimum atomic E-state index is -0.616. The fraction of sp³-hybridized carbons (Fsp3) is 0.923. The van der Waals surface area contributed by atoms with Crippen molar-refractivity contribution in [3.05, 3.63) is 0 Å². The van der Waals surface area contributed by atoms with Gasteiger partial charge in [0.25, 0.3) is 0 Å². The number of unbranched alkanes of at least 4 members (excludes halogenated alkanes) is 14. The van der Waals surface area contributed by atoms with Gasteiger partial charge in [0.2, 0.25) is 5.91 Å². The molecule has 1 amide bonds. The lowest BCUT2D eigenvalue weighted by molar-refractivity contribution is -0.148. The Hall–Kier alpha value is -1.14. The Balaban J connectivity index is 3.63. The van der Waals surface area contributed by atoms with Crippen molar-refractivity contribution in [3.63, 3.8) is 0 Å². The van der Waals surface area contributed by atoms with Crippen LogP contribution in [0, 0.1) is 0 Å². The third kappa shape index (κ3) is 18.4. The van der Waals surface area contributed by atoms with Gasteiger partial charge in [-0.2, -0.15) is 0 Å². The van der Waals surface area contributed by atoms with Gasteiger partial charge in [0.05, 0.1) is 12.6 Å². The first-order valence-corrected chi connectivity index (χ1v) is 13.5. The Morgan fingerprint density at radius 2 is 1.25 bits per heavy atom. The topological polar surface area (TPSA) is 107 Å². The first-order valence-electron chi connectivity index (χ1n) is 13.5. The number of carbonyl (C=O) groups is 2. The van der Waals surface area contributed by atoms with E-state index >= 15 is 0 Å². The maximum absolute atomic E-state index is 12.2. The van der Waals surface area contributed by atoms with Crippen molar-refractivity contribution in [3.8, 4) is 0 Å². The lowest BCUT2D eigenvalue weighted by Crippen LogP contribution is -2.48. The van der Waals surface area contributed by atoms with Crippen LogP contribution in [-0.2, 0) is 14.3 Å². The van der Waals surface area contributed by atoms with E-state index in [2.05, 4.69) is 12.2 Å². The van der Waals surface area contributed by atoms with Crippen molar-refractivity contribution in [2.24, 2.45) is 11.5 Å². The molecule has 0 aromatic carbocycles. The van der Waals surface area contributed by atoms with Crippen LogP contribution < -0.4 is 16.8 Å². The van der Waals surface area contributed by atoms with Crippen LogP contribution in [0.5, 0.6) is 0 Å². The number of carbonyl (C=O) groups excluding carboxylic acids is 2. The van der Waals surface area contributed by atoms with E-state index in [1.165, 1.54) is 77.0 Å². The van der Waals surface area contributed by atoms with E-state index in [1.54, 1.807) is 0 Å². The van der Waals surface area contributed by atoms with E-state index in [4.69, 9.17) is 16.2 Å². The van der Waals surface area contributed by atoms with E-state index in [1.807, 2.05) is 6.92 Å². The summed E-state index contributed by atoms with van der Waals surface area (Å²) < 4.78 is 5.37. The van der Waals surface area contributed by atoms with Gasteiger partial charge in [-0.1, -0.05) is 104 Å². The van der Waals surface area contributed by atoms with Crippen LogP contribution in [0.25, 0.3) is 0 Å². The van der Waals surface area contributed by atoms with Gasteiger partial charge in [0.15, 0.2) is 0 Å². The molecule has 0 aromatic heterocycles. The molecule has 0 radical (unpaired) electrons. The summed E-state index contributed by atoms with van der Waals surface area (Å²) in [5, 5.41) is 2.73. The van der Waals surface area contributed by atoms with Crippen LogP contribution >= 0.6 is 0 Å². The Labute approximate surface area is 198 Å². The van der Waals surface area contributed by atoms with E-state index in [0.717, 1.165) is 25.7 Å². The Morgan fingerprint density at radius 3 is 1.72 bits per heavy atom. The number of nitrogens with one attached hydrogen (secondary N) is 1. The summed E-state index contributed by atoms with van der Waals surface area (Å²) in [5.41, 5.74) is 11.4. The Kier molecular flexibility index (Phi) is 22.2. The first-order chi connectivity index (χ1) is 15.6. The van der Waals surface area contributed by atoms with Crippen molar-refractivity contribution >= 4 is 11.9 Å². The van der Waals surface area contributed by atoms with Crippen LogP contribution in [0.15, 0.2) is 0 Å². The Morgan fingerprint density at radius 1 is 0.750 bits per heavy atom. The van der Waals surface area contributed by atoms with Gasteiger partial charge < -0.3 is 21.5 Å². The van der Waals surface area contributed by atoms with E-state index in [-0.39, 0.29) is 11.9 Å². The monoisotopic (exact) mass is 455 g/mol. The summed E-state index contributed by atoms with van der Waals surface area (Å²) in [4.78, 5) is 24.4. The van der Waals surface area contributed by atoms with Gasteiger partial charge in [0.1, 0.15) is 6.04 Å². The highest BCUT2D eigenvalue weighted by Crippen LogP contribution is 2.13. The molecular weight excluding hydrogens is 402 g/mol. The van der Waals surface area contributed by atoms with Crippen molar-refractivity contribution in [1.29, 1.82) is 0 Å². The summed E-state index contributed by atoms with van der Waals surface area (Å²) >= 11 is 0. The third-order valence-electron chi connectivity index (χ3n) is 6.06. The van der Waals surface area contributed by atoms with Crippen molar-refractivity contribution in [1.82, 2.24) is 5.32 Å².